The van der Waals surface area contributed by atoms with E-state index in [2.05, 4.69) is 48.3 Å². The van der Waals surface area contributed by atoms with E-state index in [4.69, 9.17) is 11.4 Å². The van der Waals surface area contributed by atoms with Gasteiger partial charge in [0.15, 0.2) is 0 Å². The van der Waals surface area contributed by atoms with Gasteiger partial charge in [0, 0.05) is 25.7 Å². The van der Waals surface area contributed by atoms with Gasteiger partial charge in [0.1, 0.15) is 11.7 Å². The predicted octanol–water partition coefficient (Wildman–Crippen LogP) is 4.26. The number of terminal acetylenes is 1. The highest BCUT2D eigenvalue weighted by Crippen LogP contribution is 2.23. The third kappa shape index (κ3) is 9.30. The highest BCUT2D eigenvalue weighted by Gasteiger charge is 2.33. The second-order valence-electron chi connectivity index (χ2n) is 10.2. The van der Waals surface area contributed by atoms with Crippen LogP contribution in [-0.4, -0.2) is 55.7 Å². The summed E-state index contributed by atoms with van der Waals surface area (Å²) in [5.41, 5.74) is 2.82. The number of allylic oxidation sites excluding steroid dienone is 4. The van der Waals surface area contributed by atoms with Crippen molar-refractivity contribution >= 4 is 17.5 Å². The number of hydrogen-bond donors (Lipinski definition) is 2. The highest BCUT2D eigenvalue weighted by atomic mass is 16.2. The van der Waals surface area contributed by atoms with Gasteiger partial charge in [-0.2, -0.15) is 0 Å². The molecule has 0 saturated heterocycles. The first-order valence-corrected chi connectivity index (χ1v) is 12.2. The van der Waals surface area contributed by atoms with Crippen molar-refractivity contribution in [2.24, 2.45) is 16.3 Å². The SMILES string of the molecule is C#C/C=C(/C1=N\C(C(=O)N[C@H](C(=O)NC)C(C)(C)C)=C\CN(C)CCC/C=C(\C)C1)C(C)CC. The van der Waals surface area contributed by atoms with Crippen LogP contribution >= 0.6 is 0 Å². The molecule has 0 bridgehead atoms. The van der Waals surface area contributed by atoms with Gasteiger partial charge in [0.05, 0.1) is 0 Å². The van der Waals surface area contributed by atoms with Crippen LogP contribution in [-0.2, 0) is 9.59 Å². The summed E-state index contributed by atoms with van der Waals surface area (Å²) in [5, 5.41) is 5.59. The molecule has 1 unspecified atom stereocenters. The van der Waals surface area contributed by atoms with Crippen molar-refractivity contribution in [3.05, 3.63) is 35.1 Å². The van der Waals surface area contributed by atoms with Crippen LogP contribution in [0, 0.1) is 23.7 Å². The van der Waals surface area contributed by atoms with Gasteiger partial charge in [-0.25, -0.2) is 4.99 Å². The quantitative estimate of drug-likeness (QED) is 0.452. The van der Waals surface area contributed by atoms with E-state index in [-0.39, 0.29) is 17.7 Å². The van der Waals surface area contributed by atoms with Crippen molar-refractivity contribution in [3.63, 3.8) is 0 Å². The van der Waals surface area contributed by atoms with Gasteiger partial charge in [0.2, 0.25) is 5.91 Å². The van der Waals surface area contributed by atoms with Crippen LogP contribution in [0.25, 0.3) is 0 Å². The first-order chi connectivity index (χ1) is 15.9. The summed E-state index contributed by atoms with van der Waals surface area (Å²) < 4.78 is 0. The molecule has 0 aliphatic carbocycles. The summed E-state index contributed by atoms with van der Waals surface area (Å²) in [6, 6.07) is -0.694. The molecule has 1 heterocycles. The largest absolute Gasteiger partial charge is 0.357 e. The van der Waals surface area contributed by atoms with Crippen molar-refractivity contribution in [2.75, 3.05) is 27.2 Å². The summed E-state index contributed by atoms with van der Waals surface area (Å²) in [6.45, 7) is 13.6. The number of likely N-dealkylation sites (N-methyl/N-ethyl adjacent to an activating group) is 2. The Labute approximate surface area is 207 Å². The molecule has 1 rings (SSSR count). The molecule has 1 aliphatic rings. The van der Waals surface area contributed by atoms with Crippen LogP contribution in [0.1, 0.15) is 67.2 Å². The monoisotopic (exact) mass is 468 g/mol. The van der Waals surface area contributed by atoms with E-state index in [9.17, 15) is 9.59 Å². The van der Waals surface area contributed by atoms with Crippen molar-refractivity contribution in [1.29, 1.82) is 0 Å². The van der Waals surface area contributed by atoms with Gasteiger partial charge in [-0.1, -0.05) is 52.2 Å². The van der Waals surface area contributed by atoms with E-state index in [0.29, 0.717) is 18.7 Å². The maximum Gasteiger partial charge on any atom is 0.270 e. The molecule has 6 heteroatoms. The van der Waals surface area contributed by atoms with E-state index in [1.54, 1.807) is 13.1 Å². The Kier molecular flexibility index (Phi) is 12.0. The first-order valence-electron chi connectivity index (χ1n) is 12.2. The van der Waals surface area contributed by atoms with Gasteiger partial charge in [-0.15, -0.1) is 6.42 Å². The topological polar surface area (TPSA) is 73.8 Å². The van der Waals surface area contributed by atoms with Crippen molar-refractivity contribution in [3.8, 4) is 12.3 Å². The maximum atomic E-state index is 13.5. The molecule has 0 aromatic rings. The maximum absolute atomic E-state index is 13.5. The number of carbonyl (C=O) groups is 2. The molecule has 1 aliphatic heterocycles. The van der Waals surface area contributed by atoms with E-state index in [1.165, 1.54) is 5.57 Å². The third-order valence-corrected chi connectivity index (χ3v) is 6.13. The molecule has 6 nitrogen and oxygen atoms in total. The van der Waals surface area contributed by atoms with E-state index in [1.807, 2.05) is 33.9 Å². The van der Waals surface area contributed by atoms with Gasteiger partial charge in [0.25, 0.3) is 5.91 Å². The summed E-state index contributed by atoms with van der Waals surface area (Å²) in [5.74, 6) is 2.27. The zero-order valence-electron chi connectivity index (χ0n) is 22.4. The Balaban J connectivity index is 3.60. The normalized spacial score (nSPS) is 23.3. The lowest BCUT2D eigenvalue weighted by Crippen LogP contribution is -2.53. The summed E-state index contributed by atoms with van der Waals surface area (Å²) in [6.07, 6.45) is 15.1. The minimum absolute atomic E-state index is 0.204. The predicted molar refractivity (Wildman–Crippen MR) is 142 cm³/mol. The Hall–Kier alpha value is -2.65. The number of hydrogen-bond acceptors (Lipinski definition) is 4. The Morgan fingerprint density at radius 2 is 2.00 bits per heavy atom. The van der Waals surface area contributed by atoms with Crippen LogP contribution in [0.5, 0.6) is 0 Å². The fourth-order valence-corrected chi connectivity index (χ4v) is 3.76. The van der Waals surface area contributed by atoms with Gasteiger partial charge in [-0.3, -0.25) is 9.59 Å². The lowest BCUT2D eigenvalue weighted by Gasteiger charge is -2.30. The van der Waals surface area contributed by atoms with Gasteiger partial charge in [-0.05, 0) is 68.8 Å². The average Bonchev–Trinajstić information content (AvgIpc) is 2.77. The lowest BCUT2D eigenvalue weighted by molar-refractivity contribution is -0.129. The van der Waals surface area contributed by atoms with E-state index >= 15 is 0 Å². The minimum atomic E-state index is -0.694. The Morgan fingerprint density at radius 1 is 1.32 bits per heavy atom. The molecular formula is C28H44N4O2. The van der Waals surface area contributed by atoms with E-state index < -0.39 is 11.5 Å². The molecule has 0 saturated carbocycles. The minimum Gasteiger partial charge on any atom is -0.357 e. The van der Waals surface area contributed by atoms with Crippen LogP contribution in [0.15, 0.2) is 40.1 Å². The number of amides is 2. The molecule has 0 radical (unpaired) electrons. The van der Waals surface area contributed by atoms with Gasteiger partial charge < -0.3 is 15.5 Å². The molecule has 34 heavy (non-hydrogen) atoms. The Bertz CT molecular complexity index is 881. The summed E-state index contributed by atoms with van der Waals surface area (Å²) >= 11 is 0. The molecule has 0 aromatic carbocycles. The molecule has 0 aromatic heterocycles. The second-order valence-corrected chi connectivity index (χ2v) is 10.2. The standard InChI is InChI=1S/C28H44N4O2/c1-10-14-22(21(4)11-2)24-19-20(3)15-12-13-17-32(9)18-16-23(30-24)26(33)31-25(27(34)29-8)28(5,6)7/h1,14-16,21,25H,11-13,17-19H2,2-9H3,(H,29,34)(H,31,33)/b20-15+,22-14+,23-16+,30-24-/t21?,25-/m1/s1. The summed E-state index contributed by atoms with van der Waals surface area (Å²) in [7, 11) is 3.61. The molecule has 2 amide bonds. The van der Waals surface area contributed by atoms with Crippen LogP contribution < -0.4 is 10.6 Å². The molecule has 2 N–H and O–H groups in total. The molecule has 0 fully saturated rings. The van der Waals surface area contributed by atoms with Crippen LogP contribution in [0.3, 0.4) is 0 Å². The van der Waals surface area contributed by atoms with Crippen molar-refractivity contribution in [1.82, 2.24) is 15.5 Å². The molecule has 188 valence electrons. The molecule has 0 spiro atoms. The Morgan fingerprint density at radius 3 is 2.56 bits per heavy atom. The van der Waals surface area contributed by atoms with Crippen LogP contribution in [0.4, 0.5) is 0 Å². The fourth-order valence-electron chi connectivity index (χ4n) is 3.76. The lowest BCUT2D eigenvalue weighted by atomic mass is 9.86. The zero-order valence-corrected chi connectivity index (χ0v) is 22.4. The number of aliphatic imine (C=N–C) groups is 1. The number of nitrogens with zero attached hydrogens (tertiary/aromatic N) is 2. The second kappa shape index (κ2) is 13.9. The number of carbonyl (C=O) groups excluding carboxylic acids is 2. The average molecular weight is 469 g/mol. The van der Waals surface area contributed by atoms with Gasteiger partial charge >= 0.3 is 0 Å². The number of rotatable bonds is 6. The van der Waals surface area contributed by atoms with E-state index in [0.717, 1.165) is 37.1 Å². The molecule has 2 atom stereocenters. The van der Waals surface area contributed by atoms with Crippen LogP contribution in [0.2, 0.25) is 0 Å². The third-order valence-electron chi connectivity index (χ3n) is 6.13. The number of nitrogens with one attached hydrogen (secondary N) is 2. The zero-order chi connectivity index (χ0) is 25.9. The van der Waals surface area contributed by atoms with Crippen molar-refractivity contribution < 1.29 is 9.59 Å². The molecular weight excluding hydrogens is 424 g/mol. The smallest absolute Gasteiger partial charge is 0.270 e. The van der Waals surface area contributed by atoms with Crippen molar-refractivity contribution in [2.45, 2.75) is 73.3 Å². The summed E-state index contributed by atoms with van der Waals surface area (Å²) in [4.78, 5) is 33.1. The first kappa shape index (κ1) is 29.4. The highest BCUT2D eigenvalue weighted by molar-refractivity contribution is 6.06. The fraction of sp³-hybridized carbons (Fsp3) is 0.607.